The van der Waals surface area contributed by atoms with E-state index in [0.717, 1.165) is 0 Å². The van der Waals surface area contributed by atoms with Gasteiger partial charge in [0.1, 0.15) is 11.7 Å². The number of aromatic nitrogens is 1. The number of rotatable bonds is 7. The van der Waals surface area contributed by atoms with Gasteiger partial charge in [-0.3, -0.25) is 14.6 Å². The summed E-state index contributed by atoms with van der Waals surface area (Å²) in [5, 5.41) is 17.5. The van der Waals surface area contributed by atoms with Gasteiger partial charge < -0.3 is 14.8 Å². The Bertz CT molecular complexity index is 411. The molecule has 0 aliphatic carbocycles. The lowest BCUT2D eigenvalue weighted by molar-refractivity contribution is -0.142. The number of hydrogen-bond donors (Lipinski definition) is 2. The van der Waals surface area contributed by atoms with Crippen molar-refractivity contribution in [1.29, 1.82) is 0 Å². The van der Waals surface area contributed by atoms with Gasteiger partial charge in [-0.1, -0.05) is 0 Å². The van der Waals surface area contributed by atoms with Crippen LogP contribution in [0.1, 0.15) is 12.8 Å². The third kappa shape index (κ3) is 4.72. The minimum Gasteiger partial charge on any atom is -0.611 e. The van der Waals surface area contributed by atoms with Crippen molar-refractivity contribution < 1.29 is 24.4 Å². The minimum atomic E-state index is -1.46. The molecule has 1 aromatic heterocycles. The van der Waals surface area contributed by atoms with Crippen molar-refractivity contribution in [3.05, 3.63) is 24.5 Å². The second-order valence-electron chi connectivity index (χ2n) is 3.66. The highest BCUT2D eigenvalue weighted by Gasteiger charge is 2.25. The number of pyridine rings is 1. The summed E-state index contributed by atoms with van der Waals surface area (Å²) in [7, 11) is 0. The molecule has 18 heavy (non-hydrogen) atoms. The van der Waals surface area contributed by atoms with Crippen molar-refractivity contribution in [2.24, 2.45) is 5.92 Å². The van der Waals surface area contributed by atoms with Crippen LogP contribution >= 0.6 is 0 Å². The molecule has 0 spiro atoms. The summed E-state index contributed by atoms with van der Waals surface area (Å²) in [6.45, 7) is 0. The Hall–Kier alpha value is -1.60. The van der Waals surface area contributed by atoms with Crippen molar-refractivity contribution in [2.75, 3.05) is 5.75 Å². The molecule has 0 aromatic carbocycles. The maximum absolute atomic E-state index is 11.9. The topological polar surface area (TPSA) is 111 Å². The zero-order chi connectivity index (χ0) is 13.5. The summed E-state index contributed by atoms with van der Waals surface area (Å²) in [6.07, 6.45) is 2.67. The Balaban J connectivity index is 2.60. The first kappa shape index (κ1) is 14.5. The molecule has 1 aromatic rings. The van der Waals surface area contributed by atoms with Crippen molar-refractivity contribution in [3.8, 4) is 0 Å². The number of carbonyl (C=O) groups is 2. The SMILES string of the molecule is O=C(O)CCC(C[S+]([O-])c1ccncc1)C(=O)O. The molecule has 2 unspecified atom stereocenters. The molecule has 1 heterocycles. The van der Waals surface area contributed by atoms with E-state index < -0.39 is 29.0 Å². The number of aliphatic carboxylic acids is 2. The van der Waals surface area contributed by atoms with Gasteiger partial charge in [-0.2, -0.15) is 0 Å². The lowest BCUT2D eigenvalue weighted by Crippen LogP contribution is -2.24. The molecule has 0 bridgehead atoms. The molecule has 2 atom stereocenters. The Labute approximate surface area is 107 Å². The highest BCUT2D eigenvalue weighted by Crippen LogP contribution is 2.17. The van der Waals surface area contributed by atoms with Gasteiger partial charge in [0.05, 0.1) is 0 Å². The van der Waals surface area contributed by atoms with Crippen LogP contribution in [0.25, 0.3) is 0 Å². The summed E-state index contributed by atoms with van der Waals surface area (Å²) in [5.41, 5.74) is 0. The minimum absolute atomic E-state index is 0.0263. The molecule has 0 aliphatic heterocycles. The third-order valence-corrected chi connectivity index (χ3v) is 3.82. The molecule has 0 radical (unpaired) electrons. The van der Waals surface area contributed by atoms with Crippen LogP contribution in [0.5, 0.6) is 0 Å². The van der Waals surface area contributed by atoms with Gasteiger partial charge in [0, 0.05) is 30.9 Å². The molecule has 1 rings (SSSR count). The summed E-state index contributed by atoms with van der Waals surface area (Å²) >= 11 is -1.46. The summed E-state index contributed by atoms with van der Waals surface area (Å²) < 4.78 is 11.9. The van der Waals surface area contributed by atoms with Crippen molar-refractivity contribution in [1.82, 2.24) is 4.98 Å². The Morgan fingerprint density at radius 1 is 1.33 bits per heavy atom. The molecule has 98 valence electrons. The Morgan fingerprint density at radius 2 is 1.94 bits per heavy atom. The quantitative estimate of drug-likeness (QED) is 0.708. The average Bonchev–Trinajstić information content (AvgIpc) is 2.34. The number of carboxylic acid groups (broad SMARTS) is 2. The van der Waals surface area contributed by atoms with E-state index in [0.29, 0.717) is 4.90 Å². The van der Waals surface area contributed by atoms with E-state index in [4.69, 9.17) is 10.2 Å². The molecule has 0 saturated heterocycles. The van der Waals surface area contributed by atoms with E-state index in [1.54, 1.807) is 12.1 Å². The fourth-order valence-electron chi connectivity index (χ4n) is 1.34. The Morgan fingerprint density at radius 3 is 2.44 bits per heavy atom. The number of hydrogen-bond acceptors (Lipinski definition) is 4. The van der Waals surface area contributed by atoms with E-state index in [-0.39, 0.29) is 18.6 Å². The van der Waals surface area contributed by atoms with Crippen molar-refractivity contribution in [2.45, 2.75) is 17.7 Å². The standard InChI is InChI=1S/C11H13NO5S/c13-10(14)2-1-8(11(15)16)7-18(17)9-3-5-12-6-4-9/h3-6,8H,1-2,7H2,(H,13,14)(H,15,16). The third-order valence-electron chi connectivity index (χ3n) is 2.32. The molecular weight excluding hydrogens is 258 g/mol. The normalized spacial score (nSPS) is 13.8. The first-order valence-electron chi connectivity index (χ1n) is 5.23. The van der Waals surface area contributed by atoms with Crippen LogP contribution in [-0.4, -0.2) is 37.4 Å². The molecular formula is C11H13NO5S. The van der Waals surface area contributed by atoms with Crippen LogP contribution in [0, 0.1) is 5.92 Å². The zero-order valence-corrected chi connectivity index (χ0v) is 10.3. The number of carboxylic acids is 2. The lowest BCUT2D eigenvalue weighted by Gasteiger charge is -2.15. The molecule has 0 saturated carbocycles. The molecule has 7 heteroatoms. The first-order chi connectivity index (χ1) is 8.50. The van der Waals surface area contributed by atoms with E-state index in [2.05, 4.69) is 4.98 Å². The van der Waals surface area contributed by atoms with Crippen LogP contribution in [0.15, 0.2) is 29.4 Å². The summed E-state index contributed by atoms with van der Waals surface area (Å²) in [6, 6.07) is 3.10. The van der Waals surface area contributed by atoms with Crippen LogP contribution in [-0.2, 0) is 20.8 Å². The smallest absolute Gasteiger partial charge is 0.311 e. The lowest BCUT2D eigenvalue weighted by atomic mass is 10.1. The largest absolute Gasteiger partial charge is 0.611 e. The molecule has 6 nitrogen and oxygen atoms in total. The van der Waals surface area contributed by atoms with Crippen LogP contribution in [0.2, 0.25) is 0 Å². The van der Waals surface area contributed by atoms with E-state index in [1.165, 1.54) is 12.4 Å². The second-order valence-corrected chi connectivity index (χ2v) is 5.16. The number of nitrogens with zero attached hydrogens (tertiary/aromatic N) is 1. The van der Waals surface area contributed by atoms with Gasteiger partial charge >= 0.3 is 11.9 Å². The van der Waals surface area contributed by atoms with E-state index in [1.807, 2.05) is 0 Å². The molecule has 0 aliphatic rings. The van der Waals surface area contributed by atoms with Gasteiger partial charge in [0.15, 0.2) is 4.90 Å². The molecule has 2 N–H and O–H groups in total. The van der Waals surface area contributed by atoms with Crippen LogP contribution < -0.4 is 0 Å². The fraction of sp³-hybridized carbons (Fsp3) is 0.364. The highest BCUT2D eigenvalue weighted by atomic mass is 32.2. The van der Waals surface area contributed by atoms with Gasteiger partial charge in [0.25, 0.3) is 0 Å². The van der Waals surface area contributed by atoms with Crippen molar-refractivity contribution >= 4 is 23.1 Å². The monoisotopic (exact) mass is 271 g/mol. The maximum Gasteiger partial charge on any atom is 0.311 e. The van der Waals surface area contributed by atoms with E-state index in [9.17, 15) is 14.1 Å². The van der Waals surface area contributed by atoms with Crippen LogP contribution in [0.4, 0.5) is 0 Å². The van der Waals surface area contributed by atoms with Gasteiger partial charge in [0.2, 0.25) is 0 Å². The fourth-order valence-corrected chi connectivity index (χ4v) is 2.64. The second kappa shape index (κ2) is 6.97. The zero-order valence-electron chi connectivity index (χ0n) is 9.48. The van der Waals surface area contributed by atoms with Crippen molar-refractivity contribution in [3.63, 3.8) is 0 Å². The van der Waals surface area contributed by atoms with Gasteiger partial charge in [-0.15, -0.1) is 0 Å². The predicted molar refractivity (Wildman–Crippen MR) is 63.5 cm³/mol. The molecule has 0 fully saturated rings. The van der Waals surface area contributed by atoms with Crippen LogP contribution in [0.3, 0.4) is 0 Å². The average molecular weight is 271 g/mol. The highest BCUT2D eigenvalue weighted by molar-refractivity contribution is 7.91. The van der Waals surface area contributed by atoms with Gasteiger partial charge in [-0.05, 0) is 17.6 Å². The maximum atomic E-state index is 11.9. The predicted octanol–water partition coefficient (Wildman–Crippen LogP) is 0.755. The van der Waals surface area contributed by atoms with Gasteiger partial charge in [-0.25, -0.2) is 0 Å². The molecule has 0 amide bonds. The summed E-state index contributed by atoms with van der Waals surface area (Å²) in [5.74, 6) is -3.20. The Kier molecular flexibility index (Phi) is 5.60. The first-order valence-corrected chi connectivity index (χ1v) is 6.55. The summed E-state index contributed by atoms with van der Waals surface area (Å²) in [4.78, 5) is 25.6. The van der Waals surface area contributed by atoms with E-state index >= 15 is 0 Å².